The molecule has 7 nitrogen and oxygen atoms in total. The van der Waals surface area contributed by atoms with E-state index in [1.165, 1.54) is 24.3 Å². The van der Waals surface area contributed by atoms with Crippen molar-refractivity contribution in [2.24, 2.45) is 0 Å². The summed E-state index contributed by atoms with van der Waals surface area (Å²) in [5, 5.41) is 3.12. The number of sulfonamides is 1. The molecule has 1 heterocycles. The van der Waals surface area contributed by atoms with E-state index in [0.717, 1.165) is 35.3 Å². The molecular formula is C20H20F2N4O3S3. The molecular weight excluding hydrogens is 478 g/mol. The van der Waals surface area contributed by atoms with Crippen molar-refractivity contribution in [3.63, 3.8) is 0 Å². The van der Waals surface area contributed by atoms with Crippen molar-refractivity contribution in [3.8, 4) is 0 Å². The van der Waals surface area contributed by atoms with E-state index in [1.807, 2.05) is 6.92 Å². The Morgan fingerprint density at radius 2 is 1.81 bits per heavy atom. The summed E-state index contributed by atoms with van der Waals surface area (Å²) in [6.07, 6.45) is 0. The molecule has 0 unspecified atom stereocenters. The first-order chi connectivity index (χ1) is 15.2. The minimum Gasteiger partial charge on any atom is -0.382 e. The Labute approximate surface area is 192 Å². The molecule has 12 heteroatoms. The number of benzene rings is 2. The van der Waals surface area contributed by atoms with Crippen LogP contribution in [0.15, 0.2) is 47.4 Å². The molecule has 3 rings (SSSR count). The summed E-state index contributed by atoms with van der Waals surface area (Å²) in [5.41, 5.74) is 5.58. The van der Waals surface area contributed by atoms with Crippen LogP contribution in [0, 0.1) is 11.6 Å². The number of ketones is 1. The number of hydrogen-bond donors (Lipinski definition) is 3. The van der Waals surface area contributed by atoms with E-state index in [2.05, 4.69) is 15.0 Å². The number of halogens is 2. The van der Waals surface area contributed by atoms with Gasteiger partial charge in [0.05, 0.1) is 10.5 Å². The van der Waals surface area contributed by atoms with E-state index < -0.39 is 33.0 Å². The first-order valence-electron chi connectivity index (χ1n) is 9.42. The van der Waals surface area contributed by atoms with E-state index in [-0.39, 0.29) is 20.7 Å². The van der Waals surface area contributed by atoms with Gasteiger partial charge in [0.1, 0.15) is 22.3 Å². The summed E-state index contributed by atoms with van der Waals surface area (Å²) in [7, 11) is -3.62. The van der Waals surface area contributed by atoms with Gasteiger partial charge in [-0.15, -0.1) is 0 Å². The third kappa shape index (κ3) is 5.63. The number of nitrogens with zero attached hydrogens (tertiary/aromatic N) is 1. The minimum atomic E-state index is -3.62. The number of thioether (sulfide) groups is 1. The van der Waals surface area contributed by atoms with E-state index in [1.54, 1.807) is 11.8 Å². The zero-order chi connectivity index (χ0) is 23.3. The van der Waals surface area contributed by atoms with Crippen LogP contribution in [0.4, 0.5) is 25.4 Å². The van der Waals surface area contributed by atoms with Crippen LogP contribution in [0.25, 0.3) is 0 Å². The normalized spacial score (nSPS) is 11.5. The van der Waals surface area contributed by atoms with Crippen LogP contribution in [0.5, 0.6) is 0 Å². The van der Waals surface area contributed by atoms with Crippen LogP contribution >= 0.6 is 23.1 Å². The predicted molar refractivity (Wildman–Crippen MR) is 124 cm³/mol. The monoisotopic (exact) mass is 498 g/mol. The van der Waals surface area contributed by atoms with Gasteiger partial charge in [0.2, 0.25) is 15.8 Å². The quantitative estimate of drug-likeness (QED) is 0.286. The fraction of sp³-hybridized carbons (Fsp3) is 0.200. The number of carbonyl (C=O) groups is 1. The van der Waals surface area contributed by atoms with Gasteiger partial charge in [0.15, 0.2) is 5.13 Å². The van der Waals surface area contributed by atoms with Gasteiger partial charge in [-0.25, -0.2) is 26.9 Å². The Morgan fingerprint density at radius 3 is 2.44 bits per heavy atom. The molecule has 4 N–H and O–H groups in total. The number of rotatable bonds is 10. The molecule has 0 amide bonds. The summed E-state index contributed by atoms with van der Waals surface area (Å²) < 4.78 is 55.0. The topological polar surface area (TPSA) is 114 Å². The van der Waals surface area contributed by atoms with Gasteiger partial charge in [-0.05, 0) is 42.2 Å². The van der Waals surface area contributed by atoms with Gasteiger partial charge in [-0.3, -0.25) is 4.79 Å². The average Bonchev–Trinajstić information content (AvgIpc) is 3.11. The third-order valence-corrected chi connectivity index (χ3v) is 7.57. The Morgan fingerprint density at radius 1 is 1.16 bits per heavy atom. The van der Waals surface area contributed by atoms with Crippen LogP contribution in [0.1, 0.15) is 22.2 Å². The van der Waals surface area contributed by atoms with Gasteiger partial charge >= 0.3 is 0 Å². The molecule has 0 radical (unpaired) electrons. The van der Waals surface area contributed by atoms with Crippen molar-refractivity contribution < 1.29 is 22.0 Å². The number of nitrogens with two attached hydrogens (primary N) is 1. The molecule has 32 heavy (non-hydrogen) atoms. The number of nitrogens with one attached hydrogen (secondary N) is 2. The van der Waals surface area contributed by atoms with E-state index in [9.17, 15) is 22.0 Å². The summed E-state index contributed by atoms with van der Waals surface area (Å²) in [6, 6.07) is 9.05. The van der Waals surface area contributed by atoms with Crippen LogP contribution in [-0.2, 0) is 10.0 Å². The fourth-order valence-electron chi connectivity index (χ4n) is 2.69. The average molecular weight is 499 g/mol. The van der Waals surface area contributed by atoms with Crippen molar-refractivity contribution in [2.75, 3.05) is 29.1 Å². The highest BCUT2D eigenvalue weighted by Crippen LogP contribution is 2.31. The molecule has 0 bridgehead atoms. The molecule has 0 fully saturated rings. The Kier molecular flexibility index (Phi) is 7.82. The maximum absolute atomic E-state index is 13.9. The SMILES string of the molecule is CCSCCNS(=O)(=O)c1ccc(Nc2nc(N)c(C(=O)c3c(F)cccc3F)s2)cc1. The summed E-state index contributed by atoms with van der Waals surface area (Å²) in [4.78, 5) is 16.6. The highest BCUT2D eigenvalue weighted by atomic mass is 32.2. The second-order valence-corrected chi connectivity index (χ2v) is 10.6. The van der Waals surface area contributed by atoms with Crippen LogP contribution in [-0.4, -0.2) is 37.2 Å². The molecule has 0 aliphatic rings. The van der Waals surface area contributed by atoms with Gasteiger partial charge in [-0.1, -0.05) is 24.3 Å². The maximum Gasteiger partial charge on any atom is 0.240 e. The van der Waals surface area contributed by atoms with Crippen molar-refractivity contribution in [1.29, 1.82) is 0 Å². The molecule has 0 saturated heterocycles. The van der Waals surface area contributed by atoms with E-state index in [4.69, 9.17) is 5.73 Å². The summed E-state index contributed by atoms with van der Waals surface area (Å²) in [6.45, 7) is 2.33. The lowest BCUT2D eigenvalue weighted by Crippen LogP contribution is -2.26. The first kappa shape index (κ1) is 24.1. The minimum absolute atomic E-state index is 0.106. The van der Waals surface area contributed by atoms with Crippen molar-refractivity contribution in [1.82, 2.24) is 9.71 Å². The van der Waals surface area contributed by atoms with Gasteiger partial charge in [0.25, 0.3) is 0 Å². The first-order valence-corrected chi connectivity index (χ1v) is 12.9. The Bertz CT molecular complexity index is 1200. The second-order valence-electron chi connectivity index (χ2n) is 6.40. The van der Waals surface area contributed by atoms with Gasteiger partial charge in [-0.2, -0.15) is 11.8 Å². The number of anilines is 3. The molecule has 0 aliphatic carbocycles. The van der Waals surface area contributed by atoms with Crippen LogP contribution in [0.2, 0.25) is 0 Å². The highest BCUT2D eigenvalue weighted by molar-refractivity contribution is 7.99. The van der Waals surface area contributed by atoms with E-state index in [0.29, 0.717) is 18.0 Å². The van der Waals surface area contributed by atoms with Crippen molar-refractivity contribution >= 4 is 55.5 Å². The molecule has 3 aromatic rings. The molecule has 0 aliphatic heterocycles. The Hall–Kier alpha value is -2.54. The van der Waals surface area contributed by atoms with Gasteiger partial charge in [0, 0.05) is 18.0 Å². The molecule has 170 valence electrons. The Balaban J connectivity index is 1.73. The lowest BCUT2D eigenvalue weighted by Gasteiger charge is -2.08. The van der Waals surface area contributed by atoms with Crippen molar-refractivity contribution in [2.45, 2.75) is 11.8 Å². The number of thiazole rings is 1. The van der Waals surface area contributed by atoms with E-state index >= 15 is 0 Å². The maximum atomic E-state index is 13.9. The standard InChI is InChI=1S/C20H20F2N4O3S3/c1-2-30-11-10-24-32(28,29)13-8-6-12(7-9-13)25-20-26-19(23)18(31-20)17(27)16-14(21)4-3-5-15(16)22/h3-9,24H,2,10-11,23H2,1H3,(H,25,26). The summed E-state index contributed by atoms with van der Waals surface area (Å²) >= 11 is 2.47. The smallest absolute Gasteiger partial charge is 0.240 e. The third-order valence-electron chi connectivity index (χ3n) is 4.21. The molecule has 0 atom stereocenters. The lowest BCUT2D eigenvalue weighted by molar-refractivity contribution is 0.103. The zero-order valence-corrected chi connectivity index (χ0v) is 19.3. The van der Waals surface area contributed by atoms with Crippen LogP contribution in [0.3, 0.4) is 0 Å². The zero-order valence-electron chi connectivity index (χ0n) is 16.9. The predicted octanol–water partition coefficient (Wildman–Crippen LogP) is 4.01. The molecule has 2 aromatic carbocycles. The lowest BCUT2D eigenvalue weighted by atomic mass is 10.1. The van der Waals surface area contributed by atoms with Gasteiger partial charge < -0.3 is 11.1 Å². The number of carbonyl (C=O) groups excluding carboxylic acids is 1. The van der Waals surface area contributed by atoms with Crippen LogP contribution < -0.4 is 15.8 Å². The summed E-state index contributed by atoms with van der Waals surface area (Å²) in [5.74, 6) is -1.46. The molecule has 0 saturated carbocycles. The molecule has 1 aromatic heterocycles. The number of aromatic nitrogens is 1. The second kappa shape index (κ2) is 10.4. The highest BCUT2D eigenvalue weighted by Gasteiger charge is 2.24. The number of nitrogen functional groups attached to an aromatic ring is 1. The molecule has 0 spiro atoms. The van der Waals surface area contributed by atoms with Crippen molar-refractivity contribution in [3.05, 3.63) is 64.5 Å². The fourth-order valence-corrected chi connectivity index (χ4v) is 5.24. The largest absolute Gasteiger partial charge is 0.382 e. The number of hydrogen-bond acceptors (Lipinski definition) is 8.